The van der Waals surface area contributed by atoms with E-state index in [0.29, 0.717) is 11.4 Å². The summed E-state index contributed by atoms with van der Waals surface area (Å²) in [5.74, 6) is 0. The van der Waals surface area contributed by atoms with Crippen LogP contribution in [0.3, 0.4) is 0 Å². The molecular weight excluding hydrogens is 210 g/mol. The Labute approximate surface area is 101 Å². The van der Waals surface area contributed by atoms with E-state index in [9.17, 15) is 0 Å². The maximum absolute atomic E-state index is 5.88. The van der Waals surface area contributed by atoms with Crippen LogP contribution >= 0.6 is 0 Å². The van der Waals surface area contributed by atoms with Crippen molar-refractivity contribution in [3.05, 3.63) is 48.0 Å². The Morgan fingerprint density at radius 2 is 1.71 bits per heavy atom. The van der Waals surface area contributed by atoms with Crippen LogP contribution in [0.2, 0.25) is 0 Å². The van der Waals surface area contributed by atoms with E-state index in [0.717, 1.165) is 17.8 Å². The highest BCUT2D eigenvalue weighted by Crippen LogP contribution is 2.25. The fraction of sp³-hybridized carbons (Fsp3) is 0.143. The van der Waals surface area contributed by atoms with Crippen molar-refractivity contribution in [2.75, 3.05) is 16.8 Å². The monoisotopic (exact) mass is 227 g/mol. The van der Waals surface area contributed by atoms with Crippen LogP contribution < -0.4 is 16.8 Å². The van der Waals surface area contributed by atoms with Gasteiger partial charge < -0.3 is 16.8 Å². The Kier molecular flexibility index (Phi) is 3.19. The Bertz CT molecular complexity index is 503. The minimum atomic E-state index is 0.657. The number of nitrogen functional groups attached to an aromatic ring is 2. The molecule has 0 spiro atoms. The molecule has 0 aromatic heterocycles. The Morgan fingerprint density at radius 3 is 2.29 bits per heavy atom. The molecule has 0 aliphatic heterocycles. The minimum absolute atomic E-state index is 0.657. The van der Waals surface area contributed by atoms with Gasteiger partial charge in [0.05, 0.1) is 11.4 Å². The van der Waals surface area contributed by atoms with Gasteiger partial charge in [0, 0.05) is 11.4 Å². The standard InChI is InChI=1S/C14H17N3/c1-2-10-3-6-12(7-4-10)17-14-8-5-11(15)9-13(14)16/h3-9,17H,2,15-16H2,1H3. The van der Waals surface area contributed by atoms with E-state index in [2.05, 4.69) is 36.5 Å². The highest BCUT2D eigenvalue weighted by Gasteiger charge is 2.00. The first-order valence-electron chi connectivity index (χ1n) is 5.70. The van der Waals surface area contributed by atoms with Gasteiger partial charge in [0.1, 0.15) is 0 Å². The molecule has 0 saturated heterocycles. The maximum Gasteiger partial charge on any atom is 0.0619 e. The first-order chi connectivity index (χ1) is 8.19. The van der Waals surface area contributed by atoms with Gasteiger partial charge in [0.15, 0.2) is 0 Å². The summed E-state index contributed by atoms with van der Waals surface area (Å²) in [6, 6.07) is 13.8. The number of nitrogens with one attached hydrogen (secondary N) is 1. The topological polar surface area (TPSA) is 64.1 Å². The van der Waals surface area contributed by atoms with E-state index in [1.165, 1.54) is 5.56 Å². The molecule has 0 atom stereocenters. The van der Waals surface area contributed by atoms with Crippen LogP contribution in [0.1, 0.15) is 12.5 Å². The normalized spacial score (nSPS) is 10.2. The van der Waals surface area contributed by atoms with Crippen molar-refractivity contribution in [1.29, 1.82) is 0 Å². The molecule has 0 radical (unpaired) electrons. The van der Waals surface area contributed by atoms with Crippen molar-refractivity contribution in [3.8, 4) is 0 Å². The number of aryl methyl sites for hydroxylation is 1. The first kappa shape index (κ1) is 11.3. The molecule has 0 unspecified atom stereocenters. The van der Waals surface area contributed by atoms with Gasteiger partial charge in [0.25, 0.3) is 0 Å². The van der Waals surface area contributed by atoms with Gasteiger partial charge >= 0.3 is 0 Å². The summed E-state index contributed by atoms with van der Waals surface area (Å²) in [5, 5.41) is 3.27. The third-order valence-corrected chi connectivity index (χ3v) is 2.72. The van der Waals surface area contributed by atoms with Crippen LogP contribution in [-0.2, 0) is 6.42 Å². The van der Waals surface area contributed by atoms with Gasteiger partial charge in [-0.3, -0.25) is 0 Å². The van der Waals surface area contributed by atoms with E-state index in [1.807, 2.05) is 12.1 Å². The van der Waals surface area contributed by atoms with Crippen molar-refractivity contribution < 1.29 is 0 Å². The van der Waals surface area contributed by atoms with Crippen molar-refractivity contribution >= 4 is 22.7 Å². The summed E-state index contributed by atoms with van der Waals surface area (Å²) in [4.78, 5) is 0. The van der Waals surface area contributed by atoms with Gasteiger partial charge in [-0.15, -0.1) is 0 Å². The molecule has 0 saturated carbocycles. The zero-order chi connectivity index (χ0) is 12.3. The van der Waals surface area contributed by atoms with Crippen LogP contribution in [0.15, 0.2) is 42.5 Å². The molecule has 5 N–H and O–H groups in total. The summed E-state index contributed by atoms with van der Waals surface area (Å²) < 4.78 is 0. The average Bonchev–Trinajstić information content (AvgIpc) is 2.34. The quantitative estimate of drug-likeness (QED) is 0.706. The molecule has 0 aliphatic carbocycles. The summed E-state index contributed by atoms with van der Waals surface area (Å²) >= 11 is 0. The van der Waals surface area contributed by atoms with E-state index >= 15 is 0 Å². The summed E-state index contributed by atoms with van der Waals surface area (Å²) in [6.45, 7) is 2.14. The maximum atomic E-state index is 5.88. The molecular formula is C14H17N3. The van der Waals surface area contributed by atoms with Crippen molar-refractivity contribution in [1.82, 2.24) is 0 Å². The molecule has 2 aromatic rings. The Morgan fingerprint density at radius 1 is 1.00 bits per heavy atom. The lowest BCUT2D eigenvalue weighted by atomic mass is 10.1. The van der Waals surface area contributed by atoms with Gasteiger partial charge in [0.2, 0.25) is 0 Å². The van der Waals surface area contributed by atoms with Gasteiger partial charge in [-0.2, -0.15) is 0 Å². The fourth-order valence-electron chi connectivity index (χ4n) is 1.67. The average molecular weight is 227 g/mol. The van der Waals surface area contributed by atoms with Crippen molar-refractivity contribution in [2.24, 2.45) is 0 Å². The van der Waals surface area contributed by atoms with E-state index in [-0.39, 0.29) is 0 Å². The van der Waals surface area contributed by atoms with Crippen LogP contribution in [0.4, 0.5) is 22.7 Å². The number of rotatable bonds is 3. The third-order valence-electron chi connectivity index (χ3n) is 2.72. The second-order valence-electron chi connectivity index (χ2n) is 4.02. The largest absolute Gasteiger partial charge is 0.399 e. The summed E-state index contributed by atoms with van der Waals surface area (Å²) in [7, 11) is 0. The zero-order valence-corrected chi connectivity index (χ0v) is 9.90. The van der Waals surface area contributed by atoms with Crippen LogP contribution in [0.5, 0.6) is 0 Å². The van der Waals surface area contributed by atoms with Crippen molar-refractivity contribution in [2.45, 2.75) is 13.3 Å². The number of benzene rings is 2. The first-order valence-corrected chi connectivity index (χ1v) is 5.70. The zero-order valence-electron chi connectivity index (χ0n) is 9.90. The lowest BCUT2D eigenvalue weighted by Crippen LogP contribution is -1.97. The smallest absolute Gasteiger partial charge is 0.0619 e. The molecule has 0 amide bonds. The Balaban J connectivity index is 2.19. The van der Waals surface area contributed by atoms with E-state index < -0.39 is 0 Å². The highest BCUT2D eigenvalue weighted by atomic mass is 14.9. The Hall–Kier alpha value is -2.16. The molecule has 2 aromatic carbocycles. The predicted molar refractivity (Wildman–Crippen MR) is 74.4 cm³/mol. The van der Waals surface area contributed by atoms with Crippen LogP contribution in [0.25, 0.3) is 0 Å². The number of hydrogen-bond donors (Lipinski definition) is 3. The van der Waals surface area contributed by atoms with Crippen LogP contribution in [0, 0.1) is 0 Å². The third kappa shape index (κ3) is 2.69. The van der Waals surface area contributed by atoms with Crippen molar-refractivity contribution in [3.63, 3.8) is 0 Å². The SMILES string of the molecule is CCc1ccc(Nc2ccc(N)cc2N)cc1. The molecule has 17 heavy (non-hydrogen) atoms. The lowest BCUT2D eigenvalue weighted by Gasteiger charge is -2.10. The van der Waals surface area contributed by atoms with Gasteiger partial charge in [-0.05, 0) is 42.3 Å². The fourth-order valence-corrected chi connectivity index (χ4v) is 1.67. The molecule has 0 bridgehead atoms. The molecule has 3 heteroatoms. The molecule has 0 fully saturated rings. The summed E-state index contributed by atoms with van der Waals surface area (Å²) in [5.41, 5.74) is 16.1. The second-order valence-corrected chi connectivity index (χ2v) is 4.02. The van der Waals surface area contributed by atoms with Crippen LogP contribution in [-0.4, -0.2) is 0 Å². The molecule has 88 valence electrons. The minimum Gasteiger partial charge on any atom is -0.399 e. The van der Waals surface area contributed by atoms with E-state index in [4.69, 9.17) is 11.5 Å². The molecule has 3 nitrogen and oxygen atoms in total. The van der Waals surface area contributed by atoms with Gasteiger partial charge in [-0.1, -0.05) is 19.1 Å². The molecule has 0 heterocycles. The molecule has 0 aliphatic rings. The van der Waals surface area contributed by atoms with Gasteiger partial charge in [-0.25, -0.2) is 0 Å². The highest BCUT2D eigenvalue weighted by molar-refractivity contribution is 5.75. The number of hydrogen-bond acceptors (Lipinski definition) is 3. The molecule has 2 rings (SSSR count). The number of nitrogens with two attached hydrogens (primary N) is 2. The number of anilines is 4. The van der Waals surface area contributed by atoms with E-state index in [1.54, 1.807) is 6.07 Å². The predicted octanol–water partition coefficient (Wildman–Crippen LogP) is 3.16. The summed E-state index contributed by atoms with van der Waals surface area (Å²) in [6.07, 6.45) is 1.05. The second kappa shape index (κ2) is 4.78. The lowest BCUT2D eigenvalue weighted by molar-refractivity contribution is 1.14.